The van der Waals surface area contributed by atoms with Gasteiger partial charge in [-0.2, -0.15) is 0 Å². The van der Waals surface area contributed by atoms with Gasteiger partial charge < -0.3 is 14.5 Å². The fraction of sp³-hybridized carbons (Fsp3) is 0.158. The molecule has 138 valence electrons. The third-order valence-corrected chi connectivity index (χ3v) is 4.42. The minimum absolute atomic E-state index is 0.156. The highest BCUT2D eigenvalue weighted by molar-refractivity contribution is 7.98. The van der Waals surface area contributed by atoms with Crippen molar-refractivity contribution in [2.24, 2.45) is 0 Å². The van der Waals surface area contributed by atoms with Crippen molar-refractivity contribution >= 4 is 29.3 Å². The Morgan fingerprint density at radius 1 is 1.07 bits per heavy atom. The molecule has 27 heavy (non-hydrogen) atoms. The van der Waals surface area contributed by atoms with Crippen LogP contribution in [-0.2, 0) is 20.1 Å². The molecule has 0 saturated heterocycles. The number of hydrogen-bond acceptors (Lipinski definition) is 7. The lowest BCUT2D eigenvalue weighted by molar-refractivity contribution is -0.152. The zero-order valence-electron chi connectivity index (χ0n) is 14.5. The molecule has 0 aliphatic heterocycles. The van der Waals surface area contributed by atoms with Crippen LogP contribution < -0.4 is 5.32 Å². The second-order valence-electron chi connectivity index (χ2n) is 5.35. The number of nitrogens with one attached hydrogen (secondary N) is 1. The molecule has 3 rings (SSSR count). The summed E-state index contributed by atoms with van der Waals surface area (Å²) in [6, 6.07) is 16.7. The van der Waals surface area contributed by atoms with Crippen LogP contribution in [0.5, 0.6) is 0 Å². The maximum atomic E-state index is 11.6. The monoisotopic (exact) mass is 383 g/mol. The molecule has 0 spiro atoms. The van der Waals surface area contributed by atoms with E-state index in [-0.39, 0.29) is 6.61 Å². The number of ether oxygens (including phenoxy) is 1. The van der Waals surface area contributed by atoms with E-state index in [2.05, 4.69) is 20.3 Å². The lowest BCUT2D eigenvalue weighted by Crippen LogP contribution is -2.24. The van der Waals surface area contributed by atoms with E-state index in [9.17, 15) is 9.59 Å². The van der Waals surface area contributed by atoms with Gasteiger partial charge in [0.2, 0.25) is 11.8 Å². The number of hydrogen-bond donors (Lipinski definition) is 1. The number of carbonyl (C=O) groups excluding carboxylic acids is 2. The minimum Gasteiger partial charge on any atom is -0.459 e. The van der Waals surface area contributed by atoms with Gasteiger partial charge in [-0.1, -0.05) is 18.2 Å². The van der Waals surface area contributed by atoms with Gasteiger partial charge in [-0.25, -0.2) is 4.79 Å². The van der Waals surface area contributed by atoms with E-state index in [4.69, 9.17) is 4.42 Å². The van der Waals surface area contributed by atoms with Gasteiger partial charge >= 0.3 is 11.9 Å². The fourth-order valence-electron chi connectivity index (χ4n) is 2.17. The summed E-state index contributed by atoms with van der Waals surface area (Å²) in [5.74, 6) is -0.158. The molecule has 0 saturated carbocycles. The summed E-state index contributed by atoms with van der Waals surface area (Å²) < 4.78 is 10.3. The van der Waals surface area contributed by atoms with Crippen molar-refractivity contribution < 1.29 is 18.7 Å². The molecule has 0 unspecified atom stereocenters. The quantitative estimate of drug-likeness (QED) is 0.395. The van der Waals surface area contributed by atoms with E-state index in [1.54, 1.807) is 19.1 Å². The first-order valence-corrected chi connectivity index (χ1v) is 9.23. The topological polar surface area (TPSA) is 94.3 Å². The van der Waals surface area contributed by atoms with E-state index in [0.29, 0.717) is 23.2 Å². The summed E-state index contributed by atoms with van der Waals surface area (Å²) in [5.41, 5.74) is 1.39. The van der Waals surface area contributed by atoms with Crippen molar-refractivity contribution in [3.63, 3.8) is 0 Å². The molecular weight excluding hydrogens is 366 g/mol. The summed E-state index contributed by atoms with van der Waals surface area (Å²) in [7, 11) is 0. The number of aromatic nitrogens is 2. The molecule has 1 N–H and O–H groups in total. The van der Waals surface area contributed by atoms with Crippen molar-refractivity contribution in [2.45, 2.75) is 17.6 Å². The van der Waals surface area contributed by atoms with Gasteiger partial charge in [0, 0.05) is 16.1 Å². The molecule has 1 aromatic heterocycles. The maximum absolute atomic E-state index is 11.6. The van der Waals surface area contributed by atoms with E-state index in [1.807, 2.05) is 42.5 Å². The van der Waals surface area contributed by atoms with Gasteiger partial charge in [0.1, 0.15) is 0 Å². The normalized spacial score (nSPS) is 10.4. The molecule has 0 aliphatic rings. The van der Waals surface area contributed by atoms with Crippen LogP contribution in [0.15, 0.2) is 63.9 Å². The predicted octanol–water partition coefficient (Wildman–Crippen LogP) is 3.53. The summed E-state index contributed by atoms with van der Waals surface area (Å²) in [4.78, 5) is 23.9. The van der Waals surface area contributed by atoms with Crippen LogP contribution in [-0.4, -0.2) is 28.7 Å². The van der Waals surface area contributed by atoms with Crippen LogP contribution >= 0.6 is 11.8 Å². The highest BCUT2D eigenvalue weighted by Gasteiger charge is 2.14. The summed E-state index contributed by atoms with van der Waals surface area (Å²) in [6.07, 6.45) is 0. The fourth-order valence-corrected chi connectivity index (χ4v) is 2.90. The molecule has 0 atom stereocenters. The lowest BCUT2D eigenvalue weighted by atomic mass is 10.2. The smallest absolute Gasteiger partial charge is 0.397 e. The predicted molar refractivity (Wildman–Crippen MR) is 101 cm³/mol. The first-order chi connectivity index (χ1) is 13.2. The highest BCUT2D eigenvalue weighted by Crippen LogP contribution is 2.25. The number of carbonyl (C=O) groups is 2. The van der Waals surface area contributed by atoms with Gasteiger partial charge in [0.05, 0.1) is 12.4 Å². The number of benzene rings is 2. The summed E-state index contributed by atoms with van der Waals surface area (Å²) >= 11 is 1.52. The van der Waals surface area contributed by atoms with Crippen LogP contribution in [0.4, 0.5) is 5.69 Å². The largest absolute Gasteiger partial charge is 0.459 e. The number of esters is 1. The van der Waals surface area contributed by atoms with Crippen molar-refractivity contribution in [1.29, 1.82) is 0 Å². The van der Waals surface area contributed by atoms with Crippen LogP contribution in [0.1, 0.15) is 12.8 Å². The molecule has 1 amide bonds. The van der Waals surface area contributed by atoms with Crippen molar-refractivity contribution in [2.75, 3.05) is 11.9 Å². The molecule has 7 nitrogen and oxygen atoms in total. The highest BCUT2D eigenvalue weighted by atomic mass is 32.2. The summed E-state index contributed by atoms with van der Waals surface area (Å²) in [5, 5.41) is 10.6. The zero-order valence-corrected chi connectivity index (χ0v) is 15.4. The van der Waals surface area contributed by atoms with Crippen LogP contribution in [0.25, 0.3) is 11.5 Å². The number of anilines is 1. The number of amides is 1. The van der Waals surface area contributed by atoms with Crippen molar-refractivity contribution in [3.8, 4) is 11.5 Å². The molecule has 0 radical (unpaired) electrons. The molecule has 0 bridgehead atoms. The molecule has 8 heteroatoms. The minimum atomic E-state index is -0.901. The van der Waals surface area contributed by atoms with E-state index in [0.717, 1.165) is 10.5 Å². The first-order valence-electron chi connectivity index (χ1n) is 8.24. The maximum Gasteiger partial charge on any atom is 0.397 e. The third kappa shape index (κ3) is 5.18. The molecular formula is C19H17N3O4S. The van der Waals surface area contributed by atoms with E-state index in [1.165, 1.54) is 11.8 Å². The first kappa shape index (κ1) is 18.7. The Bertz CT molecular complexity index is 910. The number of thioether (sulfide) groups is 1. The summed E-state index contributed by atoms with van der Waals surface area (Å²) in [6.45, 7) is 1.80. The average Bonchev–Trinajstić information content (AvgIpc) is 3.17. The second kappa shape index (κ2) is 9.00. The van der Waals surface area contributed by atoms with E-state index >= 15 is 0 Å². The average molecular weight is 383 g/mol. The number of nitrogens with zero attached hydrogens (tertiary/aromatic N) is 2. The standard InChI is InChI=1S/C19H17N3O4S/c1-2-25-19(24)17(23)20-14-8-10-15(11-9-14)27-12-16-21-22-18(26-16)13-6-4-3-5-7-13/h3-11H,2,12H2,1H3,(H,20,23). The van der Waals surface area contributed by atoms with Crippen LogP contribution in [0.2, 0.25) is 0 Å². The van der Waals surface area contributed by atoms with Crippen molar-refractivity contribution in [3.05, 3.63) is 60.5 Å². The van der Waals surface area contributed by atoms with Gasteiger partial charge in [0.15, 0.2) is 0 Å². The van der Waals surface area contributed by atoms with E-state index < -0.39 is 11.9 Å². The third-order valence-electron chi connectivity index (χ3n) is 3.42. The number of rotatable bonds is 6. The van der Waals surface area contributed by atoms with Gasteiger partial charge in [0.25, 0.3) is 0 Å². The Kier molecular flexibility index (Phi) is 6.22. The molecule has 2 aromatic carbocycles. The van der Waals surface area contributed by atoms with Gasteiger partial charge in [-0.3, -0.25) is 4.79 Å². The molecule has 1 heterocycles. The molecule has 0 aliphatic carbocycles. The Morgan fingerprint density at radius 2 is 1.81 bits per heavy atom. The Morgan fingerprint density at radius 3 is 2.52 bits per heavy atom. The van der Waals surface area contributed by atoms with Crippen LogP contribution in [0, 0.1) is 0 Å². The lowest BCUT2D eigenvalue weighted by Gasteiger charge is -2.05. The Labute approximate surface area is 160 Å². The van der Waals surface area contributed by atoms with Gasteiger partial charge in [-0.05, 0) is 43.3 Å². The van der Waals surface area contributed by atoms with Crippen LogP contribution in [0.3, 0.4) is 0 Å². The SMILES string of the molecule is CCOC(=O)C(=O)Nc1ccc(SCc2nnc(-c3ccccc3)o2)cc1. The second-order valence-corrected chi connectivity index (χ2v) is 6.40. The van der Waals surface area contributed by atoms with Crippen molar-refractivity contribution in [1.82, 2.24) is 10.2 Å². The Hall–Kier alpha value is -3.13. The molecule has 0 fully saturated rings. The van der Waals surface area contributed by atoms with Gasteiger partial charge in [-0.15, -0.1) is 22.0 Å². The Balaban J connectivity index is 1.54. The zero-order chi connectivity index (χ0) is 19.1. The molecule has 3 aromatic rings.